The van der Waals surface area contributed by atoms with Gasteiger partial charge in [0.1, 0.15) is 0 Å². The number of phenols is 2. The van der Waals surface area contributed by atoms with Gasteiger partial charge in [0.05, 0.1) is 24.6 Å². The smallest absolute Gasteiger partial charge is 0.186 e. The van der Waals surface area contributed by atoms with E-state index < -0.39 is 0 Å². The fraction of sp³-hybridized carbons (Fsp3) is 0.364. The lowest BCUT2D eigenvalue weighted by Gasteiger charge is -2.20. The summed E-state index contributed by atoms with van der Waals surface area (Å²) in [4.78, 5) is 24.8. The summed E-state index contributed by atoms with van der Waals surface area (Å²) in [6.45, 7) is 2.57. The van der Waals surface area contributed by atoms with E-state index in [-0.39, 0.29) is 83.6 Å². The van der Waals surface area contributed by atoms with Crippen molar-refractivity contribution in [1.29, 1.82) is 0 Å². The highest BCUT2D eigenvalue weighted by Gasteiger charge is 2.25. The van der Waals surface area contributed by atoms with Gasteiger partial charge >= 0.3 is 0 Å². The van der Waals surface area contributed by atoms with Crippen molar-refractivity contribution >= 4 is 58.5 Å². The zero-order chi connectivity index (χ0) is 23.1. The second-order valence-corrected chi connectivity index (χ2v) is 7.25. The molecule has 0 atom stereocenters. The first-order valence-corrected chi connectivity index (χ1v) is 10.4. The van der Waals surface area contributed by atoms with E-state index in [0.717, 1.165) is 0 Å². The number of halogens is 2. The summed E-state index contributed by atoms with van der Waals surface area (Å²) in [5.74, 6) is -1.38. The largest absolute Gasteiger partial charge is 0.503 e. The summed E-state index contributed by atoms with van der Waals surface area (Å²) < 4.78 is 0. The third-order valence-corrected chi connectivity index (χ3v) is 5.10. The van der Waals surface area contributed by atoms with Crippen LogP contribution in [0.3, 0.4) is 0 Å². The van der Waals surface area contributed by atoms with Crippen LogP contribution in [-0.2, 0) is 0 Å². The van der Waals surface area contributed by atoms with Gasteiger partial charge in [-0.15, -0.1) is 24.8 Å². The monoisotopic (exact) mass is 516 g/mol. The Balaban J connectivity index is 0.00000289. The minimum absolute atomic E-state index is 0. The molecule has 0 unspecified atom stereocenters. The predicted molar refractivity (Wildman–Crippen MR) is 136 cm³/mol. The molecule has 0 aliphatic heterocycles. The number of aromatic hydroxyl groups is 2. The molecule has 0 aromatic heterocycles. The average molecular weight is 517 g/mol. The molecule has 2 aromatic carbocycles. The Hall–Kier alpha value is -2.60. The van der Waals surface area contributed by atoms with Crippen LogP contribution in [-0.4, -0.2) is 84.5 Å². The minimum Gasteiger partial charge on any atom is -0.503 e. The highest BCUT2D eigenvalue weighted by molar-refractivity contribution is 6.25. The zero-order valence-electron chi connectivity index (χ0n) is 18.4. The summed E-state index contributed by atoms with van der Waals surface area (Å²) in [6.07, 6.45) is 2.43. The van der Waals surface area contributed by atoms with Crippen molar-refractivity contribution < 1.29 is 30.0 Å². The molecule has 0 bridgehead atoms. The zero-order valence-corrected chi connectivity index (χ0v) is 20.0. The van der Waals surface area contributed by atoms with Gasteiger partial charge in [-0.25, -0.2) is 0 Å². The lowest BCUT2D eigenvalue weighted by molar-refractivity contribution is 0.0994. The standard InChI is InChI=1S/C22H28N4O6.2ClH/c27-9-7-23-3-5-25-19-15-11-13-14(18(30)2-1-17(13)29)12-16(15)20(22(32)21(19)31)26-6-4-24-8-10-28;;/h1-2,11-12,23-28,31-32H,3-10H2;2*1H. The number of aliphatic hydroxyl groups excluding tert-OH is 2. The van der Waals surface area contributed by atoms with Crippen LogP contribution in [0.25, 0.3) is 10.8 Å². The highest BCUT2D eigenvalue weighted by Crippen LogP contribution is 2.48. The van der Waals surface area contributed by atoms with E-state index >= 15 is 0 Å². The predicted octanol–water partition coefficient (Wildman–Crippen LogP) is 1.02. The fourth-order valence-corrected chi connectivity index (χ4v) is 3.56. The van der Waals surface area contributed by atoms with E-state index in [0.29, 0.717) is 50.0 Å². The molecule has 188 valence electrons. The molecule has 12 heteroatoms. The Kier molecular flexibility index (Phi) is 12.1. The number of rotatable bonds is 12. The molecule has 0 amide bonds. The van der Waals surface area contributed by atoms with Crippen LogP contribution in [0.1, 0.15) is 20.7 Å². The third-order valence-electron chi connectivity index (χ3n) is 5.10. The molecule has 0 fully saturated rings. The maximum absolute atomic E-state index is 12.4. The number of hydrogen-bond acceptors (Lipinski definition) is 10. The Morgan fingerprint density at radius 1 is 0.618 bits per heavy atom. The molecule has 34 heavy (non-hydrogen) atoms. The minimum atomic E-state index is -0.379. The van der Waals surface area contributed by atoms with E-state index in [9.17, 15) is 19.8 Å². The summed E-state index contributed by atoms with van der Waals surface area (Å²) in [7, 11) is 0. The molecule has 0 saturated carbocycles. The second kappa shape index (κ2) is 14.0. The van der Waals surface area contributed by atoms with Crippen molar-refractivity contribution in [2.24, 2.45) is 0 Å². The number of allylic oxidation sites excluding steroid dienone is 2. The maximum atomic E-state index is 12.4. The van der Waals surface area contributed by atoms with Crippen molar-refractivity contribution in [2.75, 3.05) is 63.1 Å². The first-order valence-electron chi connectivity index (χ1n) is 10.4. The molecule has 1 aliphatic rings. The van der Waals surface area contributed by atoms with Gasteiger partial charge in [-0.3, -0.25) is 9.59 Å². The number of benzene rings is 2. The molecule has 2 aromatic rings. The SMILES string of the molecule is Cl.Cl.O=C1C=CC(=O)c2cc3c(NCCNCCO)c(O)c(O)c(NCCNCCO)c3cc21. The average Bonchev–Trinajstić information content (AvgIpc) is 2.79. The molecule has 3 rings (SSSR count). The third kappa shape index (κ3) is 6.50. The number of hydrogen-bond donors (Lipinski definition) is 8. The summed E-state index contributed by atoms with van der Waals surface area (Å²) in [5.41, 5.74) is 0.939. The fourth-order valence-electron chi connectivity index (χ4n) is 3.56. The normalized spacial score (nSPS) is 12.2. The van der Waals surface area contributed by atoms with E-state index in [4.69, 9.17) is 10.2 Å². The Bertz CT molecular complexity index is 968. The lowest BCUT2D eigenvalue weighted by Crippen LogP contribution is -2.25. The van der Waals surface area contributed by atoms with Crippen molar-refractivity contribution in [3.63, 3.8) is 0 Å². The van der Waals surface area contributed by atoms with Gasteiger partial charge in [-0.2, -0.15) is 0 Å². The van der Waals surface area contributed by atoms with Gasteiger partial charge in [0.2, 0.25) is 0 Å². The quantitative estimate of drug-likeness (QED) is 0.151. The van der Waals surface area contributed by atoms with Crippen LogP contribution in [0.15, 0.2) is 24.3 Å². The summed E-state index contributed by atoms with van der Waals surface area (Å²) in [6, 6.07) is 3.10. The molecule has 0 radical (unpaired) electrons. The Labute approximate surface area is 209 Å². The lowest BCUT2D eigenvalue weighted by atomic mass is 9.90. The second-order valence-electron chi connectivity index (χ2n) is 7.25. The molecule has 1 aliphatic carbocycles. The number of fused-ring (bicyclic) bond motifs is 2. The van der Waals surface area contributed by atoms with Gasteiger partial charge in [0.15, 0.2) is 23.1 Å². The summed E-state index contributed by atoms with van der Waals surface area (Å²) >= 11 is 0. The number of aliphatic hydroxyl groups is 2. The Morgan fingerprint density at radius 3 is 1.35 bits per heavy atom. The van der Waals surface area contributed by atoms with Gasteiger partial charge in [0.25, 0.3) is 0 Å². The van der Waals surface area contributed by atoms with Crippen molar-refractivity contribution in [3.05, 3.63) is 35.4 Å². The van der Waals surface area contributed by atoms with Crippen LogP contribution in [0.4, 0.5) is 11.4 Å². The molecular formula is C22H30Cl2N4O6. The molecule has 0 saturated heterocycles. The number of carbonyl (C=O) groups excluding carboxylic acids is 2. The van der Waals surface area contributed by atoms with Gasteiger partial charge in [-0.1, -0.05) is 0 Å². The Morgan fingerprint density at radius 2 is 1.00 bits per heavy atom. The van der Waals surface area contributed by atoms with E-state index in [1.54, 1.807) is 12.1 Å². The van der Waals surface area contributed by atoms with Crippen LogP contribution in [0.5, 0.6) is 11.5 Å². The van der Waals surface area contributed by atoms with Crippen LogP contribution in [0.2, 0.25) is 0 Å². The van der Waals surface area contributed by atoms with Crippen LogP contribution in [0, 0.1) is 0 Å². The molecular weight excluding hydrogens is 487 g/mol. The van der Waals surface area contributed by atoms with E-state index in [2.05, 4.69) is 21.3 Å². The number of ketones is 2. The molecule has 10 nitrogen and oxygen atoms in total. The molecule has 0 spiro atoms. The van der Waals surface area contributed by atoms with Crippen molar-refractivity contribution in [2.45, 2.75) is 0 Å². The maximum Gasteiger partial charge on any atom is 0.186 e. The van der Waals surface area contributed by atoms with Crippen molar-refractivity contribution in [1.82, 2.24) is 10.6 Å². The van der Waals surface area contributed by atoms with Gasteiger partial charge in [0, 0.05) is 61.2 Å². The molecule has 8 N–H and O–H groups in total. The van der Waals surface area contributed by atoms with Crippen molar-refractivity contribution in [3.8, 4) is 11.5 Å². The molecule has 0 heterocycles. The first-order chi connectivity index (χ1) is 15.5. The van der Waals surface area contributed by atoms with Gasteiger partial charge in [-0.05, 0) is 24.3 Å². The van der Waals surface area contributed by atoms with E-state index in [1.807, 2.05) is 0 Å². The summed E-state index contributed by atoms with van der Waals surface area (Å²) in [5, 5.41) is 52.3. The number of anilines is 2. The topological polar surface area (TPSA) is 163 Å². The number of phenolic OH excluding ortho intramolecular Hbond substituents is 2. The van der Waals surface area contributed by atoms with Gasteiger partial charge < -0.3 is 41.7 Å². The van der Waals surface area contributed by atoms with E-state index in [1.165, 1.54) is 12.2 Å². The van der Waals surface area contributed by atoms with Crippen LogP contribution >= 0.6 is 24.8 Å². The number of nitrogens with one attached hydrogen (secondary N) is 4. The van der Waals surface area contributed by atoms with Crippen LogP contribution < -0.4 is 21.3 Å². The highest BCUT2D eigenvalue weighted by atomic mass is 35.5. The number of carbonyl (C=O) groups is 2. The first kappa shape index (κ1) is 29.4.